The van der Waals surface area contributed by atoms with E-state index in [2.05, 4.69) is 25.6 Å². The summed E-state index contributed by atoms with van der Waals surface area (Å²) in [4.78, 5) is 21.0. The average Bonchev–Trinajstić information content (AvgIpc) is 3.70. The van der Waals surface area contributed by atoms with Gasteiger partial charge in [-0.3, -0.25) is 4.79 Å². The Balaban J connectivity index is 1.22. The molecule has 1 aliphatic rings. The lowest BCUT2D eigenvalue weighted by Crippen LogP contribution is -2.42. The average molecular weight is 695 g/mol. The van der Waals surface area contributed by atoms with E-state index < -0.39 is 42.5 Å². The highest BCUT2D eigenvalue weighted by Gasteiger charge is 2.61. The van der Waals surface area contributed by atoms with Gasteiger partial charge in [-0.05, 0) is 53.1 Å². The van der Waals surface area contributed by atoms with E-state index in [4.69, 9.17) is 18.9 Å². The third-order valence-electron chi connectivity index (χ3n) is 8.77. The quantitative estimate of drug-likeness (QED) is 0.170. The molecule has 3 atom stereocenters. The molecule has 1 amide bonds. The molecule has 0 bridgehead atoms. The summed E-state index contributed by atoms with van der Waals surface area (Å²) in [7, 11) is 3.11. The van der Waals surface area contributed by atoms with Crippen LogP contribution in [-0.4, -0.2) is 74.9 Å². The van der Waals surface area contributed by atoms with Gasteiger partial charge in [0.25, 0.3) is 5.91 Å². The minimum Gasteiger partial charge on any atom is -0.497 e. The van der Waals surface area contributed by atoms with Crippen molar-refractivity contribution in [3.63, 3.8) is 0 Å². The summed E-state index contributed by atoms with van der Waals surface area (Å²) < 4.78 is 56.1. The van der Waals surface area contributed by atoms with Gasteiger partial charge < -0.3 is 29.4 Å². The first kappa shape index (κ1) is 33.7. The van der Waals surface area contributed by atoms with Gasteiger partial charge in [-0.2, -0.15) is 13.5 Å². The molecule has 7 rings (SSSR count). The summed E-state index contributed by atoms with van der Waals surface area (Å²) in [6, 6.07) is 32.1. The lowest BCUT2D eigenvalue weighted by Gasteiger charge is -2.37. The summed E-state index contributed by atoms with van der Waals surface area (Å²) in [5, 5.41) is 21.6. The number of ether oxygens (including phenoxy) is 4. The number of carbonyl (C=O) groups is 1. The predicted molar refractivity (Wildman–Crippen MR) is 181 cm³/mol. The summed E-state index contributed by atoms with van der Waals surface area (Å²) >= 11 is 0. The van der Waals surface area contributed by atoms with Crippen molar-refractivity contribution < 1.29 is 37.6 Å². The molecule has 51 heavy (non-hydrogen) atoms. The normalized spacial score (nSPS) is 18.4. The SMILES string of the molecule is COc1ccc(C(OC[C@H]2O[C@@H](n3nnc4c(NC(=O)c5ccccc5)ncnc43)C(F)(F)[C@@H]2O)(c2ccccc2)c2ccc(OC)cc2)cc1. The number of anilines is 1. The Hall–Kier alpha value is -5.83. The van der Waals surface area contributed by atoms with Crippen LogP contribution in [0, 0.1) is 0 Å². The molecule has 12 nitrogen and oxygen atoms in total. The van der Waals surface area contributed by atoms with Crippen molar-refractivity contribution in [2.75, 3.05) is 26.1 Å². The molecule has 0 spiro atoms. The van der Waals surface area contributed by atoms with E-state index in [1.54, 1.807) is 68.8 Å². The third kappa shape index (κ3) is 6.13. The van der Waals surface area contributed by atoms with Crippen LogP contribution in [-0.2, 0) is 15.1 Å². The maximum Gasteiger partial charge on any atom is 0.321 e. The number of benzene rings is 4. The fourth-order valence-corrected chi connectivity index (χ4v) is 6.14. The number of rotatable bonds is 11. The Morgan fingerprint density at radius 1 is 0.863 bits per heavy atom. The van der Waals surface area contributed by atoms with Crippen LogP contribution in [0.2, 0.25) is 0 Å². The first-order chi connectivity index (χ1) is 24.8. The molecule has 2 N–H and O–H groups in total. The third-order valence-corrected chi connectivity index (χ3v) is 8.77. The van der Waals surface area contributed by atoms with Crippen molar-refractivity contribution >= 4 is 22.9 Å². The zero-order valence-corrected chi connectivity index (χ0v) is 27.4. The number of nitrogens with zero attached hydrogens (tertiary/aromatic N) is 5. The van der Waals surface area contributed by atoms with E-state index in [1.165, 1.54) is 0 Å². The summed E-state index contributed by atoms with van der Waals surface area (Å²) in [5.74, 6) is -3.16. The van der Waals surface area contributed by atoms with Crippen molar-refractivity contribution in [1.29, 1.82) is 0 Å². The van der Waals surface area contributed by atoms with E-state index in [0.29, 0.717) is 33.8 Å². The molecule has 14 heteroatoms. The zero-order chi connectivity index (χ0) is 35.6. The second-order valence-corrected chi connectivity index (χ2v) is 11.7. The van der Waals surface area contributed by atoms with Crippen molar-refractivity contribution in [2.24, 2.45) is 0 Å². The van der Waals surface area contributed by atoms with E-state index in [0.717, 1.165) is 11.0 Å². The molecular formula is C37H32F2N6O6. The monoisotopic (exact) mass is 694 g/mol. The smallest absolute Gasteiger partial charge is 0.321 e. The molecule has 4 aromatic carbocycles. The number of carbonyl (C=O) groups excluding carboxylic acids is 1. The standard InChI is InChI=1S/C37H32F2N6O6/c1-48-27-17-13-25(14-18-27)36(24-11-7-4-8-12-24,26-15-19-28(49-2)20-16-26)50-21-29-31(46)37(38,39)35(51-29)45-33-30(43-44-45)32(40-22-41-33)42-34(47)23-9-5-3-6-10-23/h3-20,22,29,31,35,46H,21H2,1-2H3,(H,40,41,42,47)/t29-,31-,35-/m1/s1. The first-order valence-corrected chi connectivity index (χ1v) is 15.9. The maximum absolute atomic E-state index is 16.0. The van der Waals surface area contributed by atoms with Gasteiger partial charge in [0.2, 0.25) is 6.23 Å². The van der Waals surface area contributed by atoms with Crippen LogP contribution >= 0.6 is 0 Å². The topological polar surface area (TPSA) is 143 Å². The number of amides is 1. The van der Waals surface area contributed by atoms with Gasteiger partial charge in [0.05, 0.1) is 20.8 Å². The summed E-state index contributed by atoms with van der Waals surface area (Å²) in [6.07, 6.45) is -4.86. The minimum atomic E-state index is -3.86. The summed E-state index contributed by atoms with van der Waals surface area (Å²) in [5.41, 5.74) is 0.845. The molecule has 260 valence electrons. The van der Waals surface area contributed by atoms with Crippen molar-refractivity contribution in [3.05, 3.63) is 138 Å². The number of nitrogens with one attached hydrogen (secondary N) is 1. The Bertz CT molecular complexity index is 2070. The van der Waals surface area contributed by atoms with E-state index in [-0.39, 0.29) is 17.0 Å². The Morgan fingerprint density at radius 3 is 2.02 bits per heavy atom. The van der Waals surface area contributed by atoms with Crippen molar-refractivity contribution in [1.82, 2.24) is 25.0 Å². The zero-order valence-electron chi connectivity index (χ0n) is 27.4. The highest BCUT2D eigenvalue weighted by Crippen LogP contribution is 2.46. The second kappa shape index (κ2) is 13.8. The molecule has 0 aliphatic carbocycles. The van der Waals surface area contributed by atoms with Crippen LogP contribution < -0.4 is 14.8 Å². The first-order valence-electron chi connectivity index (χ1n) is 15.9. The largest absolute Gasteiger partial charge is 0.497 e. The van der Waals surface area contributed by atoms with Gasteiger partial charge in [-0.25, -0.2) is 9.97 Å². The van der Waals surface area contributed by atoms with Gasteiger partial charge in [0, 0.05) is 5.56 Å². The van der Waals surface area contributed by atoms with Gasteiger partial charge in [-0.1, -0.05) is 78.0 Å². The molecule has 0 radical (unpaired) electrons. The lowest BCUT2D eigenvalue weighted by atomic mass is 9.80. The van der Waals surface area contributed by atoms with Crippen LogP contribution in [0.15, 0.2) is 116 Å². The van der Waals surface area contributed by atoms with Crippen LogP contribution in [0.4, 0.5) is 14.6 Å². The second-order valence-electron chi connectivity index (χ2n) is 11.7. The molecule has 0 saturated carbocycles. The Labute approximate surface area is 290 Å². The molecule has 1 aliphatic heterocycles. The fraction of sp³-hybridized carbons (Fsp3) is 0.216. The van der Waals surface area contributed by atoms with E-state index in [1.807, 2.05) is 54.6 Å². The number of aromatic nitrogens is 5. The molecule has 6 aromatic rings. The van der Waals surface area contributed by atoms with Crippen molar-refractivity contribution in [3.8, 4) is 11.5 Å². The molecule has 3 heterocycles. The predicted octanol–water partition coefficient (Wildman–Crippen LogP) is 5.39. The van der Waals surface area contributed by atoms with Crippen LogP contribution in [0.5, 0.6) is 11.5 Å². The molecule has 1 saturated heterocycles. The molecular weight excluding hydrogens is 662 g/mol. The highest BCUT2D eigenvalue weighted by molar-refractivity contribution is 6.06. The molecule has 2 aromatic heterocycles. The highest BCUT2D eigenvalue weighted by atomic mass is 19.3. The van der Waals surface area contributed by atoms with Crippen LogP contribution in [0.1, 0.15) is 33.3 Å². The molecule has 0 unspecified atom stereocenters. The van der Waals surface area contributed by atoms with Crippen LogP contribution in [0.25, 0.3) is 11.2 Å². The fourth-order valence-electron chi connectivity index (χ4n) is 6.14. The number of hydrogen-bond donors (Lipinski definition) is 2. The number of methoxy groups -OCH3 is 2. The number of fused-ring (bicyclic) bond motifs is 1. The number of halogens is 2. The van der Waals surface area contributed by atoms with Gasteiger partial charge >= 0.3 is 5.92 Å². The van der Waals surface area contributed by atoms with E-state index >= 15 is 8.78 Å². The lowest BCUT2D eigenvalue weighted by molar-refractivity contribution is -0.143. The number of aliphatic hydroxyl groups is 1. The summed E-state index contributed by atoms with van der Waals surface area (Å²) in [6.45, 7) is -0.472. The van der Waals surface area contributed by atoms with Gasteiger partial charge in [-0.15, -0.1) is 5.10 Å². The number of aliphatic hydroxyl groups excluding tert-OH is 1. The van der Waals surface area contributed by atoms with Crippen LogP contribution in [0.3, 0.4) is 0 Å². The van der Waals surface area contributed by atoms with Gasteiger partial charge in [0.15, 0.2) is 23.1 Å². The Kier molecular flexibility index (Phi) is 9.12. The van der Waals surface area contributed by atoms with Gasteiger partial charge in [0.1, 0.15) is 29.5 Å². The number of hydrogen-bond acceptors (Lipinski definition) is 10. The molecule has 1 fully saturated rings. The Morgan fingerprint density at radius 2 is 1.43 bits per heavy atom. The number of alkyl halides is 2. The van der Waals surface area contributed by atoms with E-state index in [9.17, 15) is 9.90 Å². The maximum atomic E-state index is 16.0. The van der Waals surface area contributed by atoms with Crippen molar-refractivity contribution in [2.45, 2.75) is 30.0 Å². The minimum absolute atomic E-state index is 0.0338.